The van der Waals surface area contributed by atoms with Crippen molar-refractivity contribution in [2.24, 2.45) is 0 Å². The topological polar surface area (TPSA) is 0 Å². The lowest BCUT2D eigenvalue weighted by atomic mass is 10.1. The van der Waals surface area contributed by atoms with E-state index in [4.69, 9.17) is 0 Å². The lowest BCUT2D eigenvalue weighted by Crippen LogP contribution is -1.77. The molecule has 0 fully saturated rings. The van der Waals surface area contributed by atoms with Crippen LogP contribution in [0.3, 0.4) is 0 Å². The lowest BCUT2D eigenvalue weighted by Gasteiger charge is -1.93. The molecule has 17 heavy (non-hydrogen) atoms. The average molecular weight is 218 g/mol. The fourth-order valence-electron chi connectivity index (χ4n) is 1.48. The molecule has 2 aromatic rings. The maximum atomic E-state index is 3.73. The first kappa shape index (κ1) is 11.2. The summed E-state index contributed by atoms with van der Waals surface area (Å²) in [5, 5.41) is 0. The Morgan fingerprint density at radius 3 is 1.76 bits per heavy atom. The molecule has 0 aliphatic heterocycles. The van der Waals surface area contributed by atoms with E-state index < -0.39 is 0 Å². The summed E-state index contributed by atoms with van der Waals surface area (Å²) in [5.41, 5.74) is 4.44. The molecule has 0 saturated carbocycles. The molecular formula is C17H14. The molecule has 0 bridgehead atoms. The van der Waals surface area contributed by atoms with Gasteiger partial charge in [0.2, 0.25) is 0 Å². The van der Waals surface area contributed by atoms with Crippen LogP contribution in [0.15, 0.2) is 55.1 Å². The summed E-state index contributed by atoms with van der Waals surface area (Å²) in [5.74, 6) is 6.30. The van der Waals surface area contributed by atoms with Gasteiger partial charge < -0.3 is 0 Å². The van der Waals surface area contributed by atoms with E-state index in [0.29, 0.717) is 0 Å². The Bertz CT molecular complexity index is 560. The first-order chi connectivity index (χ1) is 8.28. The van der Waals surface area contributed by atoms with Crippen LogP contribution in [-0.2, 0) is 0 Å². The Labute approximate surface area is 103 Å². The highest BCUT2D eigenvalue weighted by molar-refractivity contribution is 5.50. The maximum absolute atomic E-state index is 3.73. The van der Waals surface area contributed by atoms with Gasteiger partial charge in [-0.15, -0.1) is 0 Å². The summed E-state index contributed by atoms with van der Waals surface area (Å²) < 4.78 is 0. The molecule has 0 spiro atoms. The average Bonchev–Trinajstić information content (AvgIpc) is 2.39. The molecule has 0 aliphatic carbocycles. The molecular weight excluding hydrogens is 204 g/mol. The molecule has 0 N–H and O–H groups in total. The fraction of sp³-hybridized carbons (Fsp3) is 0.0588. The highest BCUT2D eigenvalue weighted by Gasteiger charge is 1.88. The van der Waals surface area contributed by atoms with Crippen LogP contribution in [0.2, 0.25) is 0 Å². The lowest BCUT2D eigenvalue weighted by molar-refractivity contribution is 1.46. The minimum absolute atomic E-state index is 1.02. The van der Waals surface area contributed by atoms with Crippen LogP contribution < -0.4 is 0 Å². The molecule has 0 radical (unpaired) electrons. The molecule has 2 aromatic carbocycles. The van der Waals surface area contributed by atoms with E-state index in [1.54, 1.807) is 0 Å². The van der Waals surface area contributed by atoms with E-state index in [9.17, 15) is 0 Å². The van der Waals surface area contributed by atoms with Crippen molar-refractivity contribution >= 4 is 6.08 Å². The second kappa shape index (κ2) is 5.18. The van der Waals surface area contributed by atoms with Gasteiger partial charge in [0.15, 0.2) is 0 Å². The summed E-state index contributed by atoms with van der Waals surface area (Å²) in [4.78, 5) is 0. The Balaban J connectivity index is 2.20. The van der Waals surface area contributed by atoms with E-state index in [0.717, 1.165) is 16.7 Å². The quantitative estimate of drug-likeness (QED) is 0.634. The van der Waals surface area contributed by atoms with E-state index in [1.165, 1.54) is 5.56 Å². The summed E-state index contributed by atoms with van der Waals surface area (Å²) in [7, 11) is 0. The third-order valence-corrected chi connectivity index (χ3v) is 2.55. The first-order valence-corrected chi connectivity index (χ1v) is 5.59. The van der Waals surface area contributed by atoms with Gasteiger partial charge in [0.05, 0.1) is 0 Å². The molecule has 0 heterocycles. The predicted octanol–water partition coefficient (Wildman–Crippen LogP) is 4.04. The van der Waals surface area contributed by atoms with Crippen LogP contribution in [0.1, 0.15) is 22.3 Å². The van der Waals surface area contributed by atoms with E-state index in [1.807, 2.05) is 42.5 Å². The minimum atomic E-state index is 1.02. The highest BCUT2D eigenvalue weighted by Crippen LogP contribution is 2.05. The standard InChI is InChI=1S/C17H14/c1-3-15-8-10-17(11-9-15)13-12-16-6-4-14(2)5-7-16/h3-11H,1H2,2H3. The Morgan fingerprint density at radius 2 is 1.29 bits per heavy atom. The molecule has 0 heteroatoms. The number of hydrogen-bond acceptors (Lipinski definition) is 0. The number of benzene rings is 2. The Kier molecular flexibility index (Phi) is 3.43. The van der Waals surface area contributed by atoms with Gasteiger partial charge in [-0.05, 0) is 36.8 Å². The summed E-state index contributed by atoms with van der Waals surface area (Å²) in [6, 6.07) is 16.3. The molecule has 0 nitrogen and oxygen atoms in total. The molecule has 0 amide bonds. The largest absolute Gasteiger partial charge is 0.0985 e. The maximum Gasteiger partial charge on any atom is 0.0249 e. The third kappa shape index (κ3) is 3.09. The smallest absolute Gasteiger partial charge is 0.0249 e. The van der Waals surface area contributed by atoms with E-state index in [2.05, 4.69) is 37.5 Å². The van der Waals surface area contributed by atoms with Crippen molar-refractivity contribution in [2.75, 3.05) is 0 Å². The van der Waals surface area contributed by atoms with Crippen LogP contribution in [0.4, 0.5) is 0 Å². The van der Waals surface area contributed by atoms with Crippen LogP contribution in [-0.4, -0.2) is 0 Å². The van der Waals surface area contributed by atoms with Crippen molar-refractivity contribution in [3.05, 3.63) is 77.4 Å². The van der Waals surface area contributed by atoms with Gasteiger partial charge >= 0.3 is 0 Å². The van der Waals surface area contributed by atoms with Crippen molar-refractivity contribution < 1.29 is 0 Å². The predicted molar refractivity (Wildman–Crippen MR) is 73.7 cm³/mol. The van der Waals surface area contributed by atoms with Crippen molar-refractivity contribution in [1.82, 2.24) is 0 Å². The number of hydrogen-bond donors (Lipinski definition) is 0. The summed E-state index contributed by atoms with van der Waals surface area (Å²) in [6.07, 6.45) is 1.83. The van der Waals surface area contributed by atoms with Gasteiger partial charge in [0.1, 0.15) is 0 Å². The summed E-state index contributed by atoms with van der Waals surface area (Å²) >= 11 is 0. The molecule has 0 atom stereocenters. The van der Waals surface area contributed by atoms with Crippen LogP contribution in [0, 0.1) is 18.8 Å². The third-order valence-electron chi connectivity index (χ3n) is 2.55. The van der Waals surface area contributed by atoms with Crippen molar-refractivity contribution in [1.29, 1.82) is 0 Å². The van der Waals surface area contributed by atoms with E-state index in [-0.39, 0.29) is 0 Å². The van der Waals surface area contributed by atoms with Gasteiger partial charge in [-0.2, -0.15) is 0 Å². The number of rotatable bonds is 1. The van der Waals surface area contributed by atoms with Gasteiger partial charge in [0, 0.05) is 11.1 Å². The number of aryl methyl sites for hydroxylation is 1. The fourth-order valence-corrected chi connectivity index (χ4v) is 1.48. The van der Waals surface area contributed by atoms with Crippen LogP contribution in [0.5, 0.6) is 0 Å². The van der Waals surface area contributed by atoms with Crippen molar-refractivity contribution in [2.45, 2.75) is 6.92 Å². The molecule has 0 unspecified atom stereocenters. The normalized spacial score (nSPS) is 9.24. The molecule has 0 saturated heterocycles. The highest BCUT2D eigenvalue weighted by atomic mass is 13.9. The minimum Gasteiger partial charge on any atom is -0.0985 e. The molecule has 82 valence electrons. The van der Waals surface area contributed by atoms with Gasteiger partial charge in [-0.25, -0.2) is 0 Å². The molecule has 0 aromatic heterocycles. The van der Waals surface area contributed by atoms with Crippen LogP contribution >= 0.6 is 0 Å². The van der Waals surface area contributed by atoms with Gasteiger partial charge in [-0.1, -0.05) is 54.3 Å². The molecule has 0 aliphatic rings. The summed E-state index contributed by atoms with van der Waals surface area (Å²) in [6.45, 7) is 5.80. The Hall–Kier alpha value is -2.26. The zero-order valence-electron chi connectivity index (χ0n) is 9.90. The van der Waals surface area contributed by atoms with Crippen LogP contribution in [0.25, 0.3) is 6.08 Å². The first-order valence-electron chi connectivity index (χ1n) is 5.59. The second-order valence-electron chi connectivity index (χ2n) is 3.94. The SMILES string of the molecule is C=Cc1ccc(C#Cc2ccc(C)cc2)cc1. The van der Waals surface area contributed by atoms with Gasteiger partial charge in [0.25, 0.3) is 0 Å². The second-order valence-corrected chi connectivity index (χ2v) is 3.94. The Morgan fingerprint density at radius 1 is 0.824 bits per heavy atom. The zero-order chi connectivity index (χ0) is 12.1. The zero-order valence-corrected chi connectivity index (χ0v) is 9.90. The van der Waals surface area contributed by atoms with Crippen molar-refractivity contribution in [3.8, 4) is 11.8 Å². The van der Waals surface area contributed by atoms with E-state index >= 15 is 0 Å². The monoisotopic (exact) mass is 218 g/mol. The molecule has 2 rings (SSSR count). The van der Waals surface area contributed by atoms with Crippen molar-refractivity contribution in [3.63, 3.8) is 0 Å². The van der Waals surface area contributed by atoms with Gasteiger partial charge in [-0.3, -0.25) is 0 Å².